The van der Waals surface area contributed by atoms with Crippen LogP contribution in [-0.2, 0) is 6.61 Å². The van der Waals surface area contributed by atoms with E-state index in [1.165, 1.54) is 12.1 Å². The Kier molecular flexibility index (Phi) is 5.04. The molecule has 0 saturated heterocycles. The van der Waals surface area contributed by atoms with Crippen molar-refractivity contribution in [1.29, 1.82) is 0 Å². The molecule has 1 aromatic heterocycles. The van der Waals surface area contributed by atoms with Crippen LogP contribution in [0.1, 0.15) is 12.5 Å². The third-order valence-corrected chi connectivity index (χ3v) is 3.57. The van der Waals surface area contributed by atoms with Crippen molar-refractivity contribution in [2.24, 2.45) is 0 Å². The van der Waals surface area contributed by atoms with Crippen LogP contribution in [-0.4, -0.2) is 16.8 Å². The molecule has 0 saturated carbocycles. The molecule has 8 heteroatoms. The summed E-state index contributed by atoms with van der Waals surface area (Å²) in [4.78, 5) is 0. The Bertz CT molecular complexity index is 868. The molecule has 2 N–H and O–H groups in total. The zero-order valence-electron chi connectivity index (χ0n) is 13.3. The molecule has 0 amide bonds. The summed E-state index contributed by atoms with van der Waals surface area (Å²) < 4.78 is 29.6. The van der Waals surface area contributed by atoms with Crippen LogP contribution in [0.15, 0.2) is 40.8 Å². The second-order valence-corrected chi connectivity index (χ2v) is 5.49. The summed E-state index contributed by atoms with van der Waals surface area (Å²) in [5, 5.41) is 7.77. The average molecular weight is 364 g/mol. The fourth-order valence-electron chi connectivity index (χ4n) is 2.18. The molecule has 130 valence electrons. The lowest BCUT2D eigenvalue weighted by Gasteiger charge is -2.14. The lowest BCUT2D eigenvalue weighted by molar-refractivity contribution is 0.269. The van der Waals surface area contributed by atoms with Gasteiger partial charge in [-0.3, -0.25) is 0 Å². The highest BCUT2D eigenvalue weighted by Crippen LogP contribution is 2.40. The maximum Gasteiger partial charge on any atom is 0.313 e. The van der Waals surface area contributed by atoms with Crippen LogP contribution in [0.5, 0.6) is 11.5 Å². The monoisotopic (exact) mass is 363 g/mol. The number of benzene rings is 2. The van der Waals surface area contributed by atoms with E-state index in [1.54, 1.807) is 24.3 Å². The van der Waals surface area contributed by atoms with Crippen LogP contribution in [0, 0.1) is 5.82 Å². The van der Waals surface area contributed by atoms with E-state index < -0.39 is 0 Å². The van der Waals surface area contributed by atoms with Gasteiger partial charge in [0.2, 0.25) is 5.89 Å². The van der Waals surface area contributed by atoms with E-state index in [1.807, 2.05) is 6.92 Å². The number of halogens is 2. The number of ether oxygens (including phenoxy) is 2. The molecule has 0 radical (unpaired) electrons. The van der Waals surface area contributed by atoms with Crippen LogP contribution in [0.2, 0.25) is 5.02 Å². The van der Waals surface area contributed by atoms with Crippen molar-refractivity contribution in [3.05, 3.63) is 52.8 Å². The first-order chi connectivity index (χ1) is 12.1. The number of nitrogens with zero attached hydrogens (tertiary/aromatic N) is 2. The van der Waals surface area contributed by atoms with Crippen molar-refractivity contribution in [3.63, 3.8) is 0 Å². The largest absolute Gasteiger partial charge is 0.490 e. The van der Waals surface area contributed by atoms with Gasteiger partial charge in [0.05, 0.1) is 11.6 Å². The van der Waals surface area contributed by atoms with Crippen molar-refractivity contribution in [2.75, 3.05) is 12.3 Å². The van der Waals surface area contributed by atoms with Crippen LogP contribution in [0.4, 0.5) is 10.4 Å². The van der Waals surface area contributed by atoms with Crippen LogP contribution < -0.4 is 15.2 Å². The molecule has 1 heterocycles. The summed E-state index contributed by atoms with van der Waals surface area (Å²) >= 11 is 6.33. The molecule has 0 spiro atoms. The van der Waals surface area contributed by atoms with E-state index in [2.05, 4.69) is 10.2 Å². The van der Waals surface area contributed by atoms with E-state index in [9.17, 15) is 4.39 Å². The van der Waals surface area contributed by atoms with Gasteiger partial charge in [0, 0.05) is 5.56 Å². The van der Waals surface area contributed by atoms with E-state index in [0.29, 0.717) is 28.7 Å². The van der Waals surface area contributed by atoms with Crippen molar-refractivity contribution < 1.29 is 18.3 Å². The molecule has 0 aliphatic carbocycles. The molecule has 3 rings (SSSR count). The molecule has 0 aliphatic rings. The van der Waals surface area contributed by atoms with Gasteiger partial charge in [0.1, 0.15) is 12.4 Å². The van der Waals surface area contributed by atoms with Gasteiger partial charge in [0.25, 0.3) is 0 Å². The first-order valence-electron chi connectivity index (χ1n) is 7.49. The summed E-state index contributed by atoms with van der Waals surface area (Å²) in [6.45, 7) is 2.47. The van der Waals surface area contributed by atoms with E-state index in [-0.39, 0.29) is 24.3 Å². The Morgan fingerprint density at radius 1 is 1.16 bits per heavy atom. The van der Waals surface area contributed by atoms with E-state index in [4.69, 9.17) is 31.2 Å². The topological polar surface area (TPSA) is 83.4 Å². The van der Waals surface area contributed by atoms with Gasteiger partial charge in [-0.2, -0.15) is 0 Å². The Morgan fingerprint density at radius 2 is 1.92 bits per heavy atom. The van der Waals surface area contributed by atoms with Crippen LogP contribution >= 0.6 is 11.6 Å². The second kappa shape index (κ2) is 7.40. The minimum Gasteiger partial charge on any atom is -0.490 e. The summed E-state index contributed by atoms with van der Waals surface area (Å²) in [6, 6.07) is 9.28. The van der Waals surface area contributed by atoms with Crippen LogP contribution in [0.25, 0.3) is 11.5 Å². The smallest absolute Gasteiger partial charge is 0.313 e. The highest BCUT2D eigenvalue weighted by molar-refractivity contribution is 6.32. The van der Waals surface area contributed by atoms with Crippen molar-refractivity contribution in [2.45, 2.75) is 13.5 Å². The number of nitrogen functional groups attached to an aromatic ring is 1. The van der Waals surface area contributed by atoms with Gasteiger partial charge in [0.15, 0.2) is 11.5 Å². The van der Waals surface area contributed by atoms with Crippen molar-refractivity contribution in [3.8, 4) is 23.0 Å². The molecular formula is C17H15ClFN3O3. The molecule has 0 unspecified atom stereocenters. The van der Waals surface area contributed by atoms with E-state index >= 15 is 0 Å². The average Bonchev–Trinajstić information content (AvgIpc) is 3.02. The minimum atomic E-state index is -0.306. The number of aromatic nitrogens is 2. The molecule has 3 aromatic rings. The third-order valence-electron chi connectivity index (χ3n) is 3.29. The zero-order chi connectivity index (χ0) is 17.8. The minimum absolute atomic E-state index is 0.0410. The number of nitrogens with two attached hydrogens (primary N) is 1. The predicted molar refractivity (Wildman–Crippen MR) is 91.1 cm³/mol. The standard InChI is InChI=1S/C17H15ClFN3O3/c1-2-23-14-8-11(16-21-22-17(20)25-16)7-13(18)15(14)24-9-10-3-5-12(19)6-4-10/h3-8H,2,9H2,1H3,(H2,20,22). The Hall–Kier alpha value is -2.80. The van der Waals surface area contributed by atoms with Gasteiger partial charge >= 0.3 is 6.01 Å². The fraction of sp³-hybridized carbons (Fsp3) is 0.176. The summed E-state index contributed by atoms with van der Waals surface area (Å²) in [5.41, 5.74) is 6.81. The first-order valence-corrected chi connectivity index (χ1v) is 7.87. The maximum absolute atomic E-state index is 13.0. The zero-order valence-corrected chi connectivity index (χ0v) is 14.1. The third kappa shape index (κ3) is 4.00. The maximum atomic E-state index is 13.0. The fourth-order valence-corrected chi connectivity index (χ4v) is 2.45. The van der Waals surface area contributed by atoms with E-state index in [0.717, 1.165) is 5.56 Å². The molecule has 0 atom stereocenters. The summed E-state index contributed by atoms with van der Waals surface area (Å²) in [5.74, 6) is 0.735. The van der Waals surface area contributed by atoms with Gasteiger partial charge < -0.3 is 19.6 Å². The predicted octanol–water partition coefficient (Wildman–Crippen LogP) is 4.09. The quantitative estimate of drug-likeness (QED) is 0.710. The summed E-state index contributed by atoms with van der Waals surface area (Å²) in [6.07, 6.45) is 0. The van der Waals surface area contributed by atoms with Gasteiger partial charge in [-0.05, 0) is 36.8 Å². The molecule has 0 fully saturated rings. The van der Waals surface area contributed by atoms with Gasteiger partial charge in [-0.25, -0.2) is 4.39 Å². The Labute approximate surface area is 148 Å². The molecule has 0 aliphatic heterocycles. The number of rotatable bonds is 6. The van der Waals surface area contributed by atoms with Gasteiger partial charge in [-0.15, -0.1) is 5.10 Å². The molecule has 0 bridgehead atoms. The molecule has 2 aromatic carbocycles. The first kappa shape index (κ1) is 17.0. The highest BCUT2D eigenvalue weighted by atomic mass is 35.5. The number of anilines is 1. The Balaban J connectivity index is 1.88. The Morgan fingerprint density at radius 3 is 2.56 bits per heavy atom. The van der Waals surface area contributed by atoms with Crippen molar-refractivity contribution in [1.82, 2.24) is 10.2 Å². The molecule has 6 nitrogen and oxygen atoms in total. The summed E-state index contributed by atoms with van der Waals surface area (Å²) in [7, 11) is 0. The second-order valence-electron chi connectivity index (χ2n) is 5.08. The SMILES string of the molecule is CCOc1cc(-c2nnc(N)o2)cc(Cl)c1OCc1ccc(F)cc1. The number of hydrogen-bond acceptors (Lipinski definition) is 6. The van der Waals surface area contributed by atoms with Gasteiger partial charge in [-0.1, -0.05) is 28.8 Å². The van der Waals surface area contributed by atoms with Crippen LogP contribution in [0.3, 0.4) is 0 Å². The molecule has 25 heavy (non-hydrogen) atoms. The highest BCUT2D eigenvalue weighted by Gasteiger charge is 2.16. The molecular weight excluding hydrogens is 349 g/mol. The lowest BCUT2D eigenvalue weighted by Crippen LogP contribution is -2.01. The lowest BCUT2D eigenvalue weighted by atomic mass is 10.2. The number of hydrogen-bond donors (Lipinski definition) is 1. The normalized spacial score (nSPS) is 10.7. The van der Waals surface area contributed by atoms with Crippen molar-refractivity contribution >= 4 is 17.6 Å².